The Balaban J connectivity index is 1.38. The van der Waals surface area contributed by atoms with E-state index in [0.717, 1.165) is 55.6 Å². The minimum Gasteiger partial charge on any atom is -0.465 e. The number of amides is 1. The summed E-state index contributed by atoms with van der Waals surface area (Å²) in [7, 11) is 1.37. The van der Waals surface area contributed by atoms with Crippen LogP contribution in [0.4, 0.5) is 17.1 Å². The predicted octanol–water partition coefficient (Wildman–Crippen LogP) is 5.90. The maximum Gasteiger partial charge on any atom is 0.337 e. The van der Waals surface area contributed by atoms with Gasteiger partial charge in [-0.15, -0.1) is 4.91 Å². The van der Waals surface area contributed by atoms with Crippen LogP contribution in [0.5, 0.6) is 0 Å². The van der Waals surface area contributed by atoms with Crippen LogP contribution in [-0.2, 0) is 17.6 Å². The summed E-state index contributed by atoms with van der Waals surface area (Å²) in [6, 6.07) is 20.3. The number of anilines is 2. The third kappa shape index (κ3) is 6.12. The largest absolute Gasteiger partial charge is 0.465 e. The number of hydrogen-bond acceptors (Lipinski definition) is 6. The highest BCUT2D eigenvalue weighted by molar-refractivity contribution is 6.08. The SMILES string of the molecule is COC(=O)c1ccc(CCc2ccc(NC(=O)c3cc(N4CCCCC4)ccc3N=O)cc2)cc1. The fourth-order valence-electron chi connectivity index (χ4n) is 4.30. The normalized spacial score (nSPS) is 13.2. The van der Waals surface area contributed by atoms with E-state index in [2.05, 4.69) is 15.4 Å². The minimum atomic E-state index is -0.350. The van der Waals surface area contributed by atoms with Gasteiger partial charge in [0.25, 0.3) is 5.91 Å². The van der Waals surface area contributed by atoms with Gasteiger partial charge in [0.15, 0.2) is 0 Å². The number of esters is 1. The summed E-state index contributed by atoms with van der Waals surface area (Å²) in [5.74, 6) is -0.694. The quantitative estimate of drug-likeness (QED) is 0.326. The molecule has 1 heterocycles. The topological polar surface area (TPSA) is 88.1 Å². The predicted molar refractivity (Wildman–Crippen MR) is 138 cm³/mol. The minimum absolute atomic E-state index is 0.137. The van der Waals surface area contributed by atoms with Gasteiger partial charge in [-0.2, -0.15) is 0 Å². The molecule has 35 heavy (non-hydrogen) atoms. The molecule has 180 valence electrons. The Morgan fingerprint density at radius 2 is 1.51 bits per heavy atom. The van der Waals surface area contributed by atoms with E-state index >= 15 is 0 Å². The van der Waals surface area contributed by atoms with E-state index in [1.54, 1.807) is 24.3 Å². The van der Waals surface area contributed by atoms with Gasteiger partial charge in [0.05, 0.1) is 18.2 Å². The van der Waals surface area contributed by atoms with Crippen molar-refractivity contribution in [2.24, 2.45) is 5.18 Å². The van der Waals surface area contributed by atoms with Crippen LogP contribution in [0.15, 0.2) is 71.9 Å². The second kappa shape index (κ2) is 11.4. The standard InChI is InChI=1S/C28H29N3O4/c1-35-28(33)22-11-7-20(8-12-22)5-6-21-9-13-23(14-10-21)29-27(32)25-19-24(15-16-26(25)30-34)31-17-3-2-4-18-31/h7-16,19H,2-6,17-18H2,1H3,(H,29,32). The van der Waals surface area contributed by atoms with Crippen molar-refractivity contribution in [3.05, 3.63) is 93.9 Å². The Labute approximate surface area is 205 Å². The van der Waals surface area contributed by atoms with Crippen LogP contribution in [0.25, 0.3) is 0 Å². The molecule has 0 saturated carbocycles. The van der Waals surface area contributed by atoms with Crippen molar-refractivity contribution in [1.82, 2.24) is 0 Å². The van der Waals surface area contributed by atoms with Crippen LogP contribution in [0.3, 0.4) is 0 Å². The first-order valence-corrected chi connectivity index (χ1v) is 11.9. The van der Waals surface area contributed by atoms with Gasteiger partial charge in [-0.25, -0.2) is 4.79 Å². The van der Waals surface area contributed by atoms with Crippen LogP contribution < -0.4 is 10.2 Å². The molecule has 7 heteroatoms. The number of nitrogens with one attached hydrogen (secondary N) is 1. The van der Waals surface area contributed by atoms with Gasteiger partial charge in [0.2, 0.25) is 0 Å². The molecule has 0 unspecified atom stereocenters. The first-order chi connectivity index (χ1) is 17.1. The van der Waals surface area contributed by atoms with Gasteiger partial charge in [-0.05, 0) is 90.9 Å². The summed E-state index contributed by atoms with van der Waals surface area (Å²) >= 11 is 0. The molecule has 0 spiro atoms. The molecule has 4 rings (SSSR count). The molecular formula is C28H29N3O4. The van der Waals surface area contributed by atoms with E-state index < -0.39 is 0 Å². The number of rotatable bonds is 8. The Bertz CT molecular complexity index is 1180. The lowest BCUT2D eigenvalue weighted by atomic mass is 10.0. The number of carbonyl (C=O) groups excluding carboxylic acids is 2. The fourth-order valence-corrected chi connectivity index (χ4v) is 4.30. The maximum atomic E-state index is 13.0. The number of ether oxygens (including phenoxy) is 1. The molecule has 0 bridgehead atoms. The number of carbonyl (C=O) groups is 2. The third-order valence-electron chi connectivity index (χ3n) is 6.33. The Hall–Kier alpha value is -4.00. The van der Waals surface area contributed by atoms with E-state index in [9.17, 15) is 14.5 Å². The third-order valence-corrected chi connectivity index (χ3v) is 6.33. The molecule has 0 aliphatic carbocycles. The average molecular weight is 472 g/mol. The van der Waals surface area contributed by atoms with Crippen LogP contribution in [-0.4, -0.2) is 32.1 Å². The molecular weight excluding hydrogens is 442 g/mol. The molecule has 1 amide bonds. The smallest absolute Gasteiger partial charge is 0.337 e. The lowest BCUT2D eigenvalue weighted by molar-refractivity contribution is 0.0600. The van der Waals surface area contributed by atoms with Crippen LogP contribution in [0, 0.1) is 4.91 Å². The molecule has 7 nitrogen and oxygen atoms in total. The van der Waals surface area contributed by atoms with Gasteiger partial charge in [-0.3, -0.25) is 4.79 Å². The summed E-state index contributed by atoms with van der Waals surface area (Å²) in [6.07, 6.45) is 5.11. The molecule has 3 aromatic carbocycles. The van der Waals surface area contributed by atoms with Gasteiger partial charge < -0.3 is 15.0 Å². The highest BCUT2D eigenvalue weighted by Crippen LogP contribution is 2.28. The highest BCUT2D eigenvalue weighted by Gasteiger charge is 2.17. The summed E-state index contributed by atoms with van der Waals surface area (Å²) in [5.41, 5.74) is 4.80. The molecule has 0 atom stereocenters. The van der Waals surface area contributed by atoms with Crippen molar-refractivity contribution >= 4 is 28.9 Å². The Kier molecular flexibility index (Phi) is 7.88. The van der Waals surface area contributed by atoms with Crippen LogP contribution >= 0.6 is 0 Å². The van der Waals surface area contributed by atoms with Crippen molar-refractivity contribution in [1.29, 1.82) is 0 Å². The molecule has 0 radical (unpaired) electrons. The number of hydrogen-bond donors (Lipinski definition) is 1. The first kappa shape index (κ1) is 24.1. The number of piperidine rings is 1. The van der Waals surface area contributed by atoms with Crippen molar-refractivity contribution in [3.8, 4) is 0 Å². The molecule has 1 saturated heterocycles. The number of nitrogens with zero attached hydrogens (tertiary/aromatic N) is 2. The number of benzene rings is 3. The molecule has 1 N–H and O–H groups in total. The van der Waals surface area contributed by atoms with E-state index in [-0.39, 0.29) is 23.1 Å². The zero-order valence-electron chi connectivity index (χ0n) is 19.8. The van der Waals surface area contributed by atoms with Gasteiger partial charge in [0.1, 0.15) is 5.69 Å². The molecule has 3 aromatic rings. The van der Waals surface area contributed by atoms with Crippen molar-refractivity contribution < 1.29 is 14.3 Å². The lowest BCUT2D eigenvalue weighted by Gasteiger charge is -2.29. The molecule has 1 aliphatic heterocycles. The highest BCUT2D eigenvalue weighted by atomic mass is 16.5. The zero-order valence-corrected chi connectivity index (χ0v) is 19.8. The van der Waals surface area contributed by atoms with Crippen molar-refractivity contribution in [2.75, 3.05) is 30.4 Å². The summed E-state index contributed by atoms with van der Waals surface area (Å²) in [6.45, 7) is 1.90. The Morgan fingerprint density at radius 3 is 2.11 bits per heavy atom. The Morgan fingerprint density at radius 1 is 0.886 bits per heavy atom. The summed E-state index contributed by atoms with van der Waals surface area (Å²) in [4.78, 5) is 38.1. The zero-order chi connectivity index (χ0) is 24.6. The van der Waals surface area contributed by atoms with Crippen molar-refractivity contribution in [3.63, 3.8) is 0 Å². The first-order valence-electron chi connectivity index (χ1n) is 11.9. The van der Waals surface area contributed by atoms with Gasteiger partial charge in [-0.1, -0.05) is 24.3 Å². The lowest BCUT2D eigenvalue weighted by Crippen LogP contribution is -2.29. The van der Waals surface area contributed by atoms with E-state index in [0.29, 0.717) is 11.3 Å². The van der Waals surface area contributed by atoms with E-state index in [1.807, 2.05) is 42.5 Å². The van der Waals surface area contributed by atoms with Crippen molar-refractivity contribution in [2.45, 2.75) is 32.1 Å². The van der Waals surface area contributed by atoms with Crippen LogP contribution in [0.1, 0.15) is 51.1 Å². The molecule has 0 aromatic heterocycles. The monoisotopic (exact) mass is 471 g/mol. The maximum absolute atomic E-state index is 13.0. The molecule has 1 aliphatic rings. The van der Waals surface area contributed by atoms with Gasteiger partial charge >= 0.3 is 5.97 Å². The number of nitroso groups, excluding NO2 is 1. The summed E-state index contributed by atoms with van der Waals surface area (Å²) in [5, 5.41) is 5.94. The average Bonchev–Trinajstić information content (AvgIpc) is 2.92. The number of aryl methyl sites for hydroxylation is 2. The van der Waals surface area contributed by atoms with Gasteiger partial charge in [0, 0.05) is 24.5 Å². The summed E-state index contributed by atoms with van der Waals surface area (Å²) < 4.78 is 4.73. The second-order valence-corrected chi connectivity index (χ2v) is 8.68. The second-order valence-electron chi connectivity index (χ2n) is 8.68. The number of methoxy groups -OCH3 is 1. The van der Waals surface area contributed by atoms with E-state index in [1.165, 1.54) is 13.5 Å². The van der Waals surface area contributed by atoms with E-state index in [4.69, 9.17) is 4.74 Å². The fraction of sp³-hybridized carbons (Fsp3) is 0.286. The molecule has 1 fully saturated rings. The van der Waals surface area contributed by atoms with Crippen LogP contribution in [0.2, 0.25) is 0 Å².